The van der Waals surface area contributed by atoms with Gasteiger partial charge in [-0.15, -0.1) is 11.3 Å². The second kappa shape index (κ2) is 8.07. The van der Waals surface area contributed by atoms with Gasteiger partial charge in [-0.05, 0) is 36.6 Å². The van der Waals surface area contributed by atoms with Crippen molar-refractivity contribution in [1.29, 1.82) is 0 Å². The summed E-state index contributed by atoms with van der Waals surface area (Å²) in [5.74, 6) is 4.27. The molecule has 29 heavy (non-hydrogen) atoms. The molecule has 1 fully saturated rings. The zero-order chi connectivity index (χ0) is 20.4. The first-order chi connectivity index (χ1) is 14.0. The largest absolute Gasteiger partial charge is 0.439 e. The number of benzene rings is 1. The van der Waals surface area contributed by atoms with Crippen LogP contribution < -0.4 is 15.6 Å². The molecule has 4 rings (SSSR count). The van der Waals surface area contributed by atoms with Gasteiger partial charge in [0.2, 0.25) is 5.43 Å². The quantitative estimate of drug-likeness (QED) is 0.667. The average Bonchev–Trinajstić information content (AvgIpc) is 3.13. The van der Waals surface area contributed by atoms with Gasteiger partial charge in [0.1, 0.15) is 10.5 Å². The molecule has 0 atom stereocenters. The molecule has 0 bridgehead atoms. The second-order valence-electron chi connectivity index (χ2n) is 6.41. The van der Waals surface area contributed by atoms with Crippen molar-refractivity contribution in [3.63, 3.8) is 0 Å². The van der Waals surface area contributed by atoms with Crippen molar-refractivity contribution >= 4 is 39.1 Å². The number of halogens is 1. The fourth-order valence-electron chi connectivity index (χ4n) is 3.16. The maximum Gasteiger partial charge on any atom is 0.300 e. The molecule has 0 radical (unpaired) electrons. The van der Waals surface area contributed by atoms with Crippen molar-refractivity contribution in [1.82, 2.24) is 0 Å². The number of ether oxygens (including phenoxy) is 1. The van der Waals surface area contributed by atoms with E-state index >= 15 is 0 Å². The van der Waals surface area contributed by atoms with Crippen molar-refractivity contribution in [3.8, 4) is 23.0 Å². The summed E-state index contributed by atoms with van der Waals surface area (Å²) in [4.78, 5) is 26.3. The predicted octanol–water partition coefficient (Wildman–Crippen LogP) is 3.46. The minimum Gasteiger partial charge on any atom is -0.439 e. The molecule has 0 aliphatic carbocycles. The Morgan fingerprint density at radius 3 is 2.79 bits per heavy atom. The number of fused-ring (bicyclic) bond motifs is 1. The van der Waals surface area contributed by atoms with E-state index in [-0.39, 0.29) is 11.1 Å². The Bertz CT molecular complexity index is 1200. The zero-order valence-electron chi connectivity index (χ0n) is 15.6. The first kappa shape index (κ1) is 19.2. The van der Waals surface area contributed by atoms with Crippen molar-refractivity contribution < 1.29 is 18.3 Å². The second-order valence-corrected chi connectivity index (χ2v) is 7.29. The van der Waals surface area contributed by atoms with Gasteiger partial charge >= 0.3 is 0 Å². The van der Waals surface area contributed by atoms with Crippen molar-refractivity contribution in [3.05, 3.63) is 45.7 Å². The average molecular weight is 412 g/mol. The van der Waals surface area contributed by atoms with Gasteiger partial charge in [0.05, 0.1) is 13.2 Å². The minimum atomic E-state index is -0.527. The van der Waals surface area contributed by atoms with Gasteiger partial charge in [0.15, 0.2) is 11.5 Å². The lowest BCUT2D eigenvalue weighted by Crippen LogP contribution is -2.36. The van der Waals surface area contributed by atoms with Gasteiger partial charge in [-0.3, -0.25) is 9.59 Å². The monoisotopic (exact) mass is 412 g/mol. The van der Waals surface area contributed by atoms with Gasteiger partial charge in [-0.2, -0.15) is 0 Å². The number of hydrogen-bond acceptors (Lipinski definition) is 6. The number of morpholine rings is 1. The summed E-state index contributed by atoms with van der Waals surface area (Å²) in [6, 6.07) is 5.66. The molecular formula is C21H17FN2O4S. The van der Waals surface area contributed by atoms with Crippen LogP contribution in [0.3, 0.4) is 0 Å². The molecule has 0 spiro atoms. The number of rotatable bonds is 3. The van der Waals surface area contributed by atoms with Crippen LogP contribution in [-0.4, -0.2) is 32.2 Å². The van der Waals surface area contributed by atoms with Crippen LogP contribution in [0.1, 0.15) is 6.92 Å². The summed E-state index contributed by atoms with van der Waals surface area (Å²) < 4.78 is 26.1. The molecule has 6 nitrogen and oxygen atoms in total. The predicted molar refractivity (Wildman–Crippen MR) is 111 cm³/mol. The molecule has 8 heteroatoms. The van der Waals surface area contributed by atoms with Gasteiger partial charge in [0, 0.05) is 35.8 Å². The van der Waals surface area contributed by atoms with E-state index in [2.05, 4.69) is 17.2 Å². The Labute approximate surface area is 169 Å². The smallest absolute Gasteiger partial charge is 0.300 e. The molecule has 0 saturated carbocycles. The third-order valence-corrected chi connectivity index (χ3v) is 5.43. The number of hydrogen-bond donors (Lipinski definition) is 1. The molecule has 1 amide bonds. The van der Waals surface area contributed by atoms with Crippen molar-refractivity contribution in [2.24, 2.45) is 0 Å². The molecule has 0 unspecified atom stereocenters. The SMILES string of the molecule is CC#CC(=O)Nc1cc(F)cc(-c2csc3c(=O)cc(N4CCOCC4)oc23)c1. The Kier molecular flexibility index (Phi) is 5.34. The number of nitrogens with one attached hydrogen (secondary N) is 1. The lowest BCUT2D eigenvalue weighted by Gasteiger charge is -2.27. The summed E-state index contributed by atoms with van der Waals surface area (Å²) in [6.45, 7) is 3.92. The summed E-state index contributed by atoms with van der Waals surface area (Å²) in [7, 11) is 0. The summed E-state index contributed by atoms with van der Waals surface area (Å²) in [6.07, 6.45) is 0. The first-order valence-corrected chi connectivity index (χ1v) is 9.86. The lowest BCUT2D eigenvalue weighted by atomic mass is 10.1. The highest BCUT2D eigenvalue weighted by atomic mass is 32.1. The van der Waals surface area contributed by atoms with Crippen LogP contribution in [0.25, 0.3) is 21.4 Å². The van der Waals surface area contributed by atoms with Crippen LogP contribution in [0.2, 0.25) is 0 Å². The van der Waals surface area contributed by atoms with Crippen molar-refractivity contribution in [2.45, 2.75) is 6.92 Å². The van der Waals surface area contributed by atoms with Gasteiger partial charge in [0.25, 0.3) is 5.91 Å². The van der Waals surface area contributed by atoms with Crippen LogP contribution in [0.15, 0.2) is 38.9 Å². The fourth-order valence-corrected chi connectivity index (χ4v) is 4.07. The van der Waals surface area contributed by atoms with Crippen LogP contribution in [0, 0.1) is 17.7 Å². The third-order valence-electron chi connectivity index (χ3n) is 4.46. The number of nitrogens with zero attached hydrogens (tertiary/aromatic N) is 1. The Morgan fingerprint density at radius 1 is 1.24 bits per heavy atom. The van der Waals surface area contributed by atoms with E-state index in [0.717, 1.165) is 0 Å². The van der Waals surface area contributed by atoms with Crippen LogP contribution in [-0.2, 0) is 9.53 Å². The van der Waals surface area contributed by atoms with Crippen LogP contribution >= 0.6 is 11.3 Å². The van der Waals surface area contributed by atoms with E-state index in [1.807, 2.05) is 4.90 Å². The van der Waals surface area contributed by atoms with E-state index in [9.17, 15) is 14.0 Å². The van der Waals surface area contributed by atoms with E-state index in [1.54, 1.807) is 18.4 Å². The van der Waals surface area contributed by atoms with Gasteiger partial charge in [-0.25, -0.2) is 4.39 Å². The number of thiophene rings is 1. The van der Waals surface area contributed by atoms with Crippen LogP contribution in [0.4, 0.5) is 16.0 Å². The molecule has 148 valence electrons. The third kappa shape index (κ3) is 4.01. The first-order valence-electron chi connectivity index (χ1n) is 8.98. The highest BCUT2D eigenvalue weighted by molar-refractivity contribution is 7.17. The highest BCUT2D eigenvalue weighted by Crippen LogP contribution is 2.36. The summed E-state index contributed by atoms with van der Waals surface area (Å²) >= 11 is 1.24. The normalized spacial score (nSPS) is 13.8. The van der Waals surface area contributed by atoms with E-state index in [0.29, 0.717) is 53.6 Å². The minimum absolute atomic E-state index is 0.146. The molecule has 3 aromatic rings. The molecule has 1 saturated heterocycles. The maximum absolute atomic E-state index is 14.2. The highest BCUT2D eigenvalue weighted by Gasteiger charge is 2.19. The molecule has 1 aromatic carbocycles. The number of amides is 1. The molecule has 1 aliphatic heterocycles. The number of carbonyl (C=O) groups is 1. The van der Waals surface area contributed by atoms with Gasteiger partial charge < -0.3 is 19.4 Å². The summed E-state index contributed by atoms with van der Waals surface area (Å²) in [5, 5.41) is 4.30. The molecule has 3 heterocycles. The van der Waals surface area contributed by atoms with E-state index in [1.165, 1.54) is 29.5 Å². The molecule has 1 N–H and O–H groups in total. The summed E-state index contributed by atoms with van der Waals surface area (Å²) in [5.41, 5.74) is 1.62. The number of anilines is 2. The topological polar surface area (TPSA) is 71.8 Å². The fraction of sp³-hybridized carbons (Fsp3) is 0.238. The van der Waals surface area contributed by atoms with E-state index < -0.39 is 11.7 Å². The van der Waals surface area contributed by atoms with E-state index in [4.69, 9.17) is 9.15 Å². The molecule has 2 aromatic heterocycles. The maximum atomic E-state index is 14.2. The Morgan fingerprint density at radius 2 is 2.03 bits per heavy atom. The van der Waals surface area contributed by atoms with Gasteiger partial charge in [-0.1, -0.05) is 5.92 Å². The number of carbonyl (C=O) groups excluding carboxylic acids is 1. The van der Waals surface area contributed by atoms with Crippen LogP contribution in [0.5, 0.6) is 0 Å². The lowest BCUT2D eigenvalue weighted by molar-refractivity contribution is -0.111. The Hall–Kier alpha value is -3.15. The zero-order valence-corrected chi connectivity index (χ0v) is 16.4. The standard InChI is InChI=1S/C21H17FN2O4S/c1-2-3-18(26)23-15-9-13(8-14(22)10-15)16-12-29-21-17(25)11-19(28-20(16)21)24-4-6-27-7-5-24/h8-12H,4-7H2,1H3,(H,23,26). The Balaban J connectivity index is 1.78. The van der Waals surface area contributed by atoms with Crippen molar-refractivity contribution in [2.75, 3.05) is 36.5 Å². The molecule has 1 aliphatic rings. The molecular weight excluding hydrogens is 395 g/mol.